The highest BCUT2D eigenvalue weighted by Gasteiger charge is 2.23. The molecule has 0 amide bonds. The van der Waals surface area contributed by atoms with Gasteiger partial charge in [-0.05, 0) is 22.9 Å². The summed E-state index contributed by atoms with van der Waals surface area (Å²) in [5.74, 6) is -0.512. The molecule has 0 aliphatic carbocycles. The van der Waals surface area contributed by atoms with Crippen LogP contribution in [0.3, 0.4) is 0 Å². The molecule has 0 atom stereocenters. The van der Waals surface area contributed by atoms with Gasteiger partial charge in [-0.2, -0.15) is 0 Å². The molecule has 0 fully saturated rings. The zero-order valence-corrected chi connectivity index (χ0v) is 9.29. The number of halogens is 3. The molecular formula is C8H7BrF2N2O2. The highest BCUT2D eigenvalue weighted by atomic mass is 79.9. The zero-order chi connectivity index (χ0) is 11.6. The maximum absolute atomic E-state index is 12.5. The van der Waals surface area contributed by atoms with E-state index in [-0.39, 0.29) is 22.2 Å². The van der Waals surface area contributed by atoms with Crippen molar-refractivity contribution in [3.05, 3.63) is 33.0 Å². The number of nitrogens with zero attached hydrogens (tertiary/aromatic N) is 2. The Morgan fingerprint density at radius 3 is 2.67 bits per heavy atom. The van der Waals surface area contributed by atoms with Crippen LogP contribution in [-0.4, -0.2) is 9.91 Å². The van der Waals surface area contributed by atoms with E-state index in [1.807, 2.05) is 0 Å². The quantitative estimate of drug-likeness (QED) is 0.486. The number of pyridine rings is 1. The van der Waals surface area contributed by atoms with E-state index in [1.165, 1.54) is 13.0 Å². The van der Waals surface area contributed by atoms with Crippen LogP contribution in [0.5, 0.6) is 0 Å². The molecule has 0 bridgehead atoms. The van der Waals surface area contributed by atoms with Gasteiger partial charge in [-0.1, -0.05) is 15.9 Å². The molecule has 1 aromatic heterocycles. The monoisotopic (exact) mass is 280 g/mol. The van der Waals surface area contributed by atoms with E-state index < -0.39 is 17.2 Å². The van der Waals surface area contributed by atoms with Crippen LogP contribution >= 0.6 is 15.9 Å². The Hall–Kier alpha value is -1.11. The third-order valence-corrected chi connectivity index (χ3v) is 2.46. The molecule has 0 unspecified atom stereocenters. The second-order valence-corrected chi connectivity index (χ2v) is 3.40. The molecule has 7 heteroatoms. The normalized spacial score (nSPS) is 10.7. The van der Waals surface area contributed by atoms with Crippen molar-refractivity contribution in [1.29, 1.82) is 0 Å². The molecule has 0 aliphatic rings. The van der Waals surface area contributed by atoms with E-state index in [9.17, 15) is 18.9 Å². The molecule has 0 aromatic carbocycles. The average molecular weight is 281 g/mol. The summed E-state index contributed by atoms with van der Waals surface area (Å²) in [5, 5.41) is 10.7. The molecule has 4 nitrogen and oxygen atoms in total. The highest BCUT2D eigenvalue weighted by molar-refractivity contribution is 9.08. The minimum Gasteiger partial charge on any atom is -0.358 e. The Morgan fingerprint density at radius 1 is 1.67 bits per heavy atom. The molecule has 0 aliphatic heterocycles. The van der Waals surface area contributed by atoms with Gasteiger partial charge in [0, 0.05) is 5.56 Å². The minimum absolute atomic E-state index is 0.0836. The molecule has 82 valence electrons. The topological polar surface area (TPSA) is 56.0 Å². The lowest BCUT2D eigenvalue weighted by atomic mass is 10.1. The molecule has 0 radical (unpaired) electrons. The fourth-order valence-electron chi connectivity index (χ4n) is 1.14. The van der Waals surface area contributed by atoms with Crippen molar-refractivity contribution in [2.45, 2.75) is 18.7 Å². The van der Waals surface area contributed by atoms with Crippen LogP contribution in [0.1, 0.15) is 23.2 Å². The van der Waals surface area contributed by atoms with Crippen molar-refractivity contribution < 1.29 is 13.7 Å². The Kier molecular flexibility index (Phi) is 3.67. The Balaban J connectivity index is 3.40. The molecule has 0 saturated carbocycles. The number of rotatable bonds is 3. The van der Waals surface area contributed by atoms with Crippen molar-refractivity contribution in [3.63, 3.8) is 0 Å². The number of aromatic nitrogens is 1. The molecule has 0 spiro atoms. The standard InChI is InChI=1S/C8H7BrF2N2O2/c1-4-6(7(10)11)2-5(3-9)12-8(4)13(14)15/h2,7H,3H2,1H3. The van der Waals surface area contributed by atoms with Crippen molar-refractivity contribution in [2.75, 3.05) is 0 Å². The second-order valence-electron chi connectivity index (χ2n) is 2.84. The summed E-state index contributed by atoms with van der Waals surface area (Å²) in [6.45, 7) is 1.27. The van der Waals surface area contributed by atoms with Gasteiger partial charge in [-0.25, -0.2) is 8.78 Å². The summed E-state index contributed by atoms with van der Waals surface area (Å²) < 4.78 is 25.0. The molecule has 1 rings (SSSR count). The summed E-state index contributed by atoms with van der Waals surface area (Å²) >= 11 is 3.02. The first-order chi connectivity index (χ1) is 6.97. The number of alkyl halides is 3. The van der Waals surface area contributed by atoms with Gasteiger partial charge in [-0.3, -0.25) is 0 Å². The van der Waals surface area contributed by atoms with Gasteiger partial charge < -0.3 is 10.1 Å². The second kappa shape index (κ2) is 4.61. The molecule has 0 N–H and O–H groups in total. The van der Waals surface area contributed by atoms with Gasteiger partial charge in [0.15, 0.2) is 5.69 Å². The van der Waals surface area contributed by atoms with Crippen LogP contribution in [0, 0.1) is 17.0 Å². The van der Waals surface area contributed by atoms with E-state index in [2.05, 4.69) is 20.9 Å². The lowest BCUT2D eigenvalue weighted by molar-refractivity contribution is -0.390. The van der Waals surface area contributed by atoms with E-state index in [1.54, 1.807) is 0 Å². The molecule has 1 aromatic rings. The van der Waals surface area contributed by atoms with Crippen molar-refractivity contribution in [3.8, 4) is 0 Å². The van der Waals surface area contributed by atoms with Crippen LogP contribution in [0.25, 0.3) is 0 Å². The number of hydrogen-bond donors (Lipinski definition) is 0. The van der Waals surface area contributed by atoms with Crippen molar-refractivity contribution >= 4 is 21.7 Å². The molecule has 0 saturated heterocycles. The molecular weight excluding hydrogens is 274 g/mol. The van der Waals surface area contributed by atoms with E-state index in [4.69, 9.17) is 0 Å². The highest BCUT2D eigenvalue weighted by Crippen LogP contribution is 2.28. The Morgan fingerprint density at radius 2 is 2.27 bits per heavy atom. The van der Waals surface area contributed by atoms with Gasteiger partial charge in [-0.15, -0.1) is 0 Å². The number of nitro groups is 1. The number of hydrogen-bond acceptors (Lipinski definition) is 3. The zero-order valence-electron chi connectivity index (χ0n) is 7.71. The first-order valence-corrected chi connectivity index (χ1v) is 5.08. The van der Waals surface area contributed by atoms with Gasteiger partial charge in [0.1, 0.15) is 0 Å². The first-order valence-electron chi connectivity index (χ1n) is 3.96. The van der Waals surface area contributed by atoms with E-state index in [0.717, 1.165) is 0 Å². The molecule has 15 heavy (non-hydrogen) atoms. The lowest BCUT2D eigenvalue weighted by Gasteiger charge is -2.05. The largest absolute Gasteiger partial charge is 0.367 e. The maximum Gasteiger partial charge on any atom is 0.367 e. The molecule has 1 heterocycles. The SMILES string of the molecule is Cc1c(C(F)F)cc(CBr)nc1[N+](=O)[O-]. The summed E-state index contributed by atoms with van der Waals surface area (Å²) in [4.78, 5) is 13.4. The first kappa shape index (κ1) is 12.0. The van der Waals surface area contributed by atoms with Crippen LogP contribution in [-0.2, 0) is 5.33 Å². The predicted molar refractivity (Wildman–Crippen MR) is 53.2 cm³/mol. The summed E-state index contributed by atoms with van der Waals surface area (Å²) in [6.07, 6.45) is -2.73. The van der Waals surface area contributed by atoms with E-state index >= 15 is 0 Å². The summed E-state index contributed by atoms with van der Waals surface area (Å²) in [7, 11) is 0. The Bertz CT molecular complexity index is 398. The Labute approximate surface area is 92.6 Å². The van der Waals surface area contributed by atoms with Gasteiger partial charge >= 0.3 is 5.82 Å². The fraction of sp³-hybridized carbons (Fsp3) is 0.375. The van der Waals surface area contributed by atoms with Crippen molar-refractivity contribution in [1.82, 2.24) is 4.98 Å². The fourth-order valence-corrected chi connectivity index (χ4v) is 1.43. The van der Waals surface area contributed by atoms with Gasteiger partial charge in [0.25, 0.3) is 6.43 Å². The lowest BCUT2D eigenvalue weighted by Crippen LogP contribution is -2.02. The third kappa shape index (κ3) is 2.47. The predicted octanol–water partition coefficient (Wildman–Crippen LogP) is 3.13. The minimum atomic E-state index is -2.73. The third-order valence-electron chi connectivity index (χ3n) is 1.88. The van der Waals surface area contributed by atoms with Crippen LogP contribution < -0.4 is 0 Å². The summed E-state index contributed by atoms with van der Waals surface area (Å²) in [5.41, 5.74) is -0.201. The van der Waals surface area contributed by atoms with Crippen molar-refractivity contribution in [2.24, 2.45) is 0 Å². The van der Waals surface area contributed by atoms with E-state index in [0.29, 0.717) is 0 Å². The van der Waals surface area contributed by atoms with Crippen LogP contribution in [0.2, 0.25) is 0 Å². The van der Waals surface area contributed by atoms with Gasteiger partial charge in [0.2, 0.25) is 0 Å². The summed E-state index contributed by atoms with van der Waals surface area (Å²) in [6, 6.07) is 1.17. The maximum atomic E-state index is 12.5. The van der Waals surface area contributed by atoms with Crippen LogP contribution in [0.15, 0.2) is 6.07 Å². The smallest absolute Gasteiger partial charge is 0.358 e. The average Bonchev–Trinajstić information content (AvgIpc) is 2.17. The van der Waals surface area contributed by atoms with Crippen LogP contribution in [0.4, 0.5) is 14.6 Å². The van der Waals surface area contributed by atoms with Gasteiger partial charge in [0.05, 0.1) is 10.9 Å².